The molecule has 1 atom stereocenters. The number of carbonyl (C=O) groups is 1. The van der Waals surface area contributed by atoms with E-state index in [1.807, 2.05) is 30.3 Å². The van der Waals surface area contributed by atoms with E-state index in [0.29, 0.717) is 17.5 Å². The maximum Gasteiger partial charge on any atom is 0.309 e. The molecule has 2 aromatic carbocycles. The van der Waals surface area contributed by atoms with Crippen molar-refractivity contribution < 1.29 is 17.4 Å². The Kier molecular flexibility index (Phi) is 5.90. The summed E-state index contributed by atoms with van der Waals surface area (Å²) in [6, 6.07) is 17.6. The van der Waals surface area contributed by atoms with Gasteiger partial charge in [0.05, 0.1) is 5.75 Å². The van der Waals surface area contributed by atoms with Crippen molar-refractivity contribution >= 4 is 22.0 Å². The highest BCUT2D eigenvalue weighted by Gasteiger charge is 2.51. The van der Waals surface area contributed by atoms with Gasteiger partial charge >= 0.3 is 10.1 Å². The molecule has 0 spiro atoms. The third-order valence-corrected chi connectivity index (χ3v) is 6.80. The summed E-state index contributed by atoms with van der Waals surface area (Å²) in [5.41, 5.74) is 6.99. The number of pyridine rings is 1. The van der Waals surface area contributed by atoms with E-state index >= 15 is 0 Å². The molecule has 0 fully saturated rings. The molecule has 2 N–H and O–H groups in total. The first-order valence-corrected chi connectivity index (χ1v) is 12.0. The highest BCUT2D eigenvalue weighted by Crippen LogP contribution is 2.44. The number of benzene rings is 2. The van der Waals surface area contributed by atoms with Gasteiger partial charge in [0.2, 0.25) is 0 Å². The quantitative estimate of drug-likeness (QED) is 0.538. The molecule has 1 amide bonds. The molecule has 3 aromatic rings. The second-order valence-electron chi connectivity index (χ2n) is 7.71. The topological polar surface area (TPSA) is 115 Å². The second kappa shape index (κ2) is 8.67. The number of aromatic nitrogens is 1. The summed E-state index contributed by atoms with van der Waals surface area (Å²) < 4.78 is 30.4. The molecule has 33 heavy (non-hydrogen) atoms. The fraction of sp³-hybridized carbons (Fsp3) is 0.208. The highest BCUT2D eigenvalue weighted by atomic mass is 32.2. The molecular weight excluding hydrogens is 440 g/mol. The minimum atomic E-state index is -3.85. The smallest absolute Gasteiger partial charge is 0.309 e. The van der Waals surface area contributed by atoms with Crippen LogP contribution in [0.3, 0.4) is 0 Å². The van der Waals surface area contributed by atoms with Crippen LogP contribution in [0.25, 0.3) is 11.1 Å². The van der Waals surface area contributed by atoms with Gasteiger partial charge in [0, 0.05) is 25.0 Å². The van der Waals surface area contributed by atoms with Crippen molar-refractivity contribution in [3.63, 3.8) is 0 Å². The van der Waals surface area contributed by atoms with Crippen molar-refractivity contribution in [3.05, 3.63) is 84.2 Å². The van der Waals surface area contributed by atoms with E-state index in [0.717, 1.165) is 11.1 Å². The monoisotopic (exact) mass is 464 g/mol. The standard InChI is InChI=1S/C24H24N4O4S/c1-3-14-33(30,31)32-21-12-5-4-11-20(21)24(22(29)28(2)23(25)27-24)19-10-6-8-17(15-19)18-9-7-13-26-16-18/h4-13,15-16H,3,14H2,1-2H3,(H2,25,27). The van der Waals surface area contributed by atoms with Gasteiger partial charge in [-0.15, -0.1) is 0 Å². The summed E-state index contributed by atoms with van der Waals surface area (Å²) in [4.78, 5) is 23.6. The van der Waals surface area contributed by atoms with Gasteiger partial charge in [-0.1, -0.05) is 49.4 Å². The summed E-state index contributed by atoms with van der Waals surface area (Å²) in [5, 5.41) is 0. The van der Waals surface area contributed by atoms with Gasteiger partial charge in [-0.05, 0) is 41.3 Å². The van der Waals surface area contributed by atoms with E-state index in [1.54, 1.807) is 43.6 Å². The van der Waals surface area contributed by atoms with E-state index in [2.05, 4.69) is 9.98 Å². The molecule has 1 aliphatic heterocycles. The minimum absolute atomic E-state index is 0.0259. The number of hydrogen-bond donors (Lipinski definition) is 1. The Morgan fingerprint density at radius 2 is 1.82 bits per heavy atom. The van der Waals surface area contributed by atoms with Crippen molar-refractivity contribution in [2.75, 3.05) is 12.8 Å². The molecule has 4 rings (SSSR count). The Bertz CT molecular complexity index is 1330. The van der Waals surface area contributed by atoms with Gasteiger partial charge < -0.3 is 9.92 Å². The van der Waals surface area contributed by atoms with Gasteiger partial charge in [-0.25, -0.2) is 4.99 Å². The van der Waals surface area contributed by atoms with Gasteiger partial charge in [-0.3, -0.25) is 14.7 Å². The normalized spacial score (nSPS) is 18.3. The third kappa shape index (κ3) is 4.07. The average Bonchev–Trinajstić information content (AvgIpc) is 3.04. The summed E-state index contributed by atoms with van der Waals surface area (Å²) in [6.45, 7) is 1.75. The molecule has 170 valence electrons. The van der Waals surface area contributed by atoms with Crippen LogP contribution in [0.2, 0.25) is 0 Å². The van der Waals surface area contributed by atoms with E-state index < -0.39 is 21.6 Å². The van der Waals surface area contributed by atoms with Crippen LogP contribution in [0.4, 0.5) is 0 Å². The number of nitrogens with two attached hydrogens (primary N) is 1. The number of likely N-dealkylation sites (N-methyl/N-ethyl adjacent to an activating group) is 1. The predicted molar refractivity (Wildman–Crippen MR) is 126 cm³/mol. The molecule has 0 aliphatic carbocycles. The number of nitrogens with zero attached hydrogens (tertiary/aromatic N) is 3. The summed E-state index contributed by atoms with van der Waals surface area (Å²) in [5.74, 6) is -0.493. The van der Waals surface area contributed by atoms with Gasteiger partial charge in [-0.2, -0.15) is 8.42 Å². The Balaban J connectivity index is 1.94. The maximum atomic E-state index is 13.6. The lowest BCUT2D eigenvalue weighted by molar-refractivity contribution is -0.129. The Morgan fingerprint density at radius 3 is 2.48 bits per heavy atom. The molecule has 9 heteroatoms. The number of carbonyl (C=O) groups excluding carboxylic acids is 1. The molecular formula is C24H24N4O4S. The van der Waals surface area contributed by atoms with Gasteiger partial charge in [0.1, 0.15) is 5.75 Å². The largest absolute Gasteiger partial charge is 0.382 e. The van der Waals surface area contributed by atoms with Crippen LogP contribution >= 0.6 is 0 Å². The van der Waals surface area contributed by atoms with Crippen molar-refractivity contribution in [2.45, 2.75) is 18.9 Å². The first-order valence-electron chi connectivity index (χ1n) is 10.4. The molecule has 0 saturated heterocycles. The average molecular weight is 465 g/mol. The number of guanidine groups is 1. The molecule has 1 aliphatic rings. The molecule has 1 aromatic heterocycles. The van der Waals surface area contributed by atoms with Gasteiger partial charge in [0.25, 0.3) is 5.91 Å². The fourth-order valence-electron chi connectivity index (χ4n) is 3.88. The molecule has 8 nitrogen and oxygen atoms in total. The third-order valence-electron chi connectivity index (χ3n) is 5.46. The van der Waals surface area contributed by atoms with Crippen LogP contribution in [0.1, 0.15) is 24.5 Å². The van der Waals surface area contributed by atoms with E-state index in [4.69, 9.17) is 9.92 Å². The van der Waals surface area contributed by atoms with E-state index in [-0.39, 0.29) is 17.5 Å². The summed E-state index contributed by atoms with van der Waals surface area (Å²) in [6.07, 6.45) is 3.80. The van der Waals surface area contributed by atoms with Crippen LogP contribution in [-0.2, 0) is 20.5 Å². The Labute approximate surface area is 192 Å². The minimum Gasteiger partial charge on any atom is -0.382 e. The molecule has 2 heterocycles. The van der Waals surface area contributed by atoms with Crippen molar-refractivity contribution in [1.82, 2.24) is 9.88 Å². The number of hydrogen-bond acceptors (Lipinski definition) is 7. The SMILES string of the molecule is CCCS(=O)(=O)Oc1ccccc1C1(c2cccc(-c3cccnc3)c2)N=C(N)N(C)C1=O. The number of para-hydroxylation sites is 1. The van der Waals surface area contributed by atoms with Crippen molar-refractivity contribution in [1.29, 1.82) is 0 Å². The van der Waals surface area contributed by atoms with Crippen LogP contribution in [0.15, 0.2) is 78.0 Å². The highest BCUT2D eigenvalue weighted by molar-refractivity contribution is 7.87. The zero-order valence-electron chi connectivity index (χ0n) is 18.3. The van der Waals surface area contributed by atoms with Crippen LogP contribution in [-0.4, -0.2) is 43.0 Å². The summed E-state index contributed by atoms with van der Waals surface area (Å²) in [7, 11) is -2.32. The lowest BCUT2D eigenvalue weighted by Gasteiger charge is -2.28. The van der Waals surface area contributed by atoms with Crippen LogP contribution in [0.5, 0.6) is 5.75 Å². The second-order valence-corrected chi connectivity index (χ2v) is 9.40. The molecule has 0 saturated carbocycles. The predicted octanol–water partition coefficient (Wildman–Crippen LogP) is 2.90. The lowest BCUT2D eigenvalue weighted by Crippen LogP contribution is -2.41. The van der Waals surface area contributed by atoms with E-state index in [9.17, 15) is 13.2 Å². The lowest BCUT2D eigenvalue weighted by atomic mass is 9.81. The zero-order chi connectivity index (χ0) is 23.6. The van der Waals surface area contributed by atoms with E-state index in [1.165, 1.54) is 18.0 Å². The first kappa shape index (κ1) is 22.5. The Morgan fingerprint density at radius 1 is 1.06 bits per heavy atom. The van der Waals surface area contributed by atoms with Crippen molar-refractivity contribution in [3.8, 4) is 16.9 Å². The first-order chi connectivity index (χ1) is 15.8. The fourth-order valence-corrected chi connectivity index (χ4v) is 4.89. The van der Waals surface area contributed by atoms with Crippen LogP contribution < -0.4 is 9.92 Å². The van der Waals surface area contributed by atoms with Crippen LogP contribution in [0, 0.1) is 0 Å². The van der Waals surface area contributed by atoms with Gasteiger partial charge in [0.15, 0.2) is 11.5 Å². The number of amides is 1. The molecule has 1 unspecified atom stereocenters. The Hall–Kier alpha value is -3.72. The number of aliphatic imine (C=N–C) groups is 1. The molecule has 0 bridgehead atoms. The summed E-state index contributed by atoms with van der Waals surface area (Å²) >= 11 is 0. The maximum absolute atomic E-state index is 13.6. The zero-order valence-corrected chi connectivity index (χ0v) is 19.1. The molecule has 0 radical (unpaired) electrons. The number of rotatable bonds is 7. The van der Waals surface area contributed by atoms with Crippen molar-refractivity contribution in [2.24, 2.45) is 10.7 Å².